The molecule has 0 aromatic carbocycles. The summed E-state index contributed by atoms with van der Waals surface area (Å²) in [5, 5.41) is 5.89. The average molecular weight is 341 g/mol. The Labute approximate surface area is 136 Å². The minimum absolute atomic E-state index is 0.00323. The van der Waals surface area contributed by atoms with E-state index < -0.39 is 9.84 Å². The lowest BCUT2D eigenvalue weighted by Crippen LogP contribution is -2.36. The summed E-state index contributed by atoms with van der Waals surface area (Å²) in [5.74, 6) is 0.829. The molecule has 2 rings (SSSR count). The lowest BCUT2D eigenvalue weighted by molar-refractivity contribution is 0.0935. The zero-order valence-electron chi connectivity index (χ0n) is 13.7. The molecule has 1 amide bonds. The lowest BCUT2D eigenvalue weighted by atomic mass is 10.2. The smallest absolute Gasteiger partial charge is 0.270 e. The zero-order chi connectivity index (χ0) is 17.0. The number of likely N-dealkylation sites (N-methyl/N-ethyl adjacent to an activating group) is 1. The summed E-state index contributed by atoms with van der Waals surface area (Å²) in [5.41, 5.74) is 0.245. The molecule has 0 spiro atoms. The Kier molecular flexibility index (Phi) is 5.53. The third-order valence-electron chi connectivity index (χ3n) is 3.50. The number of aryl methyl sites for hydroxylation is 1. The minimum Gasteiger partial charge on any atom is -0.369 e. The van der Waals surface area contributed by atoms with Gasteiger partial charge < -0.3 is 15.5 Å². The van der Waals surface area contributed by atoms with E-state index in [9.17, 15) is 13.2 Å². The van der Waals surface area contributed by atoms with Crippen LogP contribution in [0.1, 0.15) is 22.7 Å². The van der Waals surface area contributed by atoms with Crippen LogP contribution in [-0.4, -0.2) is 73.9 Å². The quantitative estimate of drug-likeness (QED) is 0.730. The van der Waals surface area contributed by atoms with Crippen molar-refractivity contribution in [3.8, 4) is 0 Å². The van der Waals surface area contributed by atoms with E-state index in [0.717, 1.165) is 6.54 Å². The van der Waals surface area contributed by atoms with Gasteiger partial charge in [0.2, 0.25) is 0 Å². The van der Waals surface area contributed by atoms with E-state index in [2.05, 4.69) is 20.6 Å². The first-order chi connectivity index (χ1) is 10.7. The molecule has 9 heteroatoms. The van der Waals surface area contributed by atoms with Crippen molar-refractivity contribution in [1.29, 1.82) is 0 Å². The monoisotopic (exact) mass is 341 g/mol. The minimum atomic E-state index is -3.02. The molecule has 1 aromatic rings. The van der Waals surface area contributed by atoms with Crippen LogP contribution in [0.5, 0.6) is 0 Å². The Balaban J connectivity index is 2.01. The molecule has 23 heavy (non-hydrogen) atoms. The van der Waals surface area contributed by atoms with Gasteiger partial charge in [-0.25, -0.2) is 18.4 Å². The Morgan fingerprint density at radius 1 is 1.39 bits per heavy atom. The van der Waals surface area contributed by atoms with Gasteiger partial charge in [0.15, 0.2) is 9.84 Å². The van der Waals surface area contributed by atoms with E-state index in [-0.39, 0.29) is 29.1 Å². The van der Waals surface area contributed by atoms with Gasteiger partial charge in [-0.3, -0.25) is 4.79 Å². The van der Waals surface area contributed by atoms with Crippen LogP contribution in [0.15, 0.2) is 6.07 Å². The molecule has 128 valence electrons. The standard InChI is InChI=1S/C14H23N5O3S/c1-10-16-12(8-13(17-10)15-5-6-19(2)3)14(20)18-11-4-7-23(21,22)9-11/h8,11H,4-7,9H2,1-3H3,(H,18,20)(H,15,16,17). The second kappa shape index (κ2) is 7.22. The van der Waals surface area contributed by atoms with Gasteiger partial charge in [0.1, 0.15) is 17.3 Å². The molecule has 0 aliphatic carbocycles. The van der Waals surface area contributed by atoms with Crippen molar-refractivity contribution >= 4 is 21.6 Å². The molecule has 1 aliphatic heterocycles. The molecule has 1 aromatic heterocycles. The SMILES string of the molecule is Cc1nc(NCCN(C)C)cc(C(=O)NC2CCS(=O)(=O)C2)n1. The van der Waals surface area contributed by atoms with Crippen molar-refractivity contribution in [2.45, 2.75) is 19.4 Å². The summed E-state index contributed by atoms with van der Waals surface area (Å²) in [7, 11) is 0.923. The first-order valence-corrected chi connectivity index (χ1v) is 9.33. The van der Waals surface area contributed by atoms with Gasteiger partial charge in [0.05, 0.1) is 11.5 Å². The maximum Gasteiger partial charge on any atom is 0.270 e. The molecule has 0 radical (unpaired) electrons. The van der Waals surface area contributed by atoms with Gasteiger partial charge in [-0.15, -0.1) is 0 Å². The van der Waals surface area contributed by atoms with E-state index in [4.69, 9.17) is 0 Å². The highest BCUT2D eigenvalue weighted by Crippen LogP contribution is 2.13. The normalized spacial score (nSPS) is 19.7. The second-order valence-electron chi connectivity index (χ2n) is 5.99. The first-order valence-electron chi connectivity index (χ1n) is 7.51. The first kappa shape index (κ1) is 17.6. The highest BCUT2D eigenvalue weighted by atomic mass is 32.2. The Hall–Kier alpha value is -1.74. The number of rotatable bonds is 6. The maximum absolute atomic E-state index is 12.3. The predicted molar refractivity (Wildman–Crippen MR) is 88.3 cm³/mol. The highest BCUT2D eigenvalue weighted by molar-refractivity contribution is 7.91. The van der Waals surface area contributed by atoms with Crippen LogP contribution in [0.25, 0.3) is 0 Å². The number of hydrogen-bond donors (Lipinski definition) is 2. The van der Waals surface area contributed by atoms with Crippen LogP contribution in [0.2, 0.25) is 0 Å². The fraction of sp³-hybridized carbons (Fsp3) is 0.643. The van der Waals surface area contributed by atoms with Crippen LogP contribution < -0.4 is 10.6 Å². The number of nitrogens with zero attached hydrogens (tertiary/aromatic N) is 3. The molecule has 0 saturated carbocycles. The number of carbonyl (C=O) groups is 1. The number of amides is 1. The van der Waals surface area contributed by atoms with E-state index in [0.29, 0.717) is 24.6 Å². The van der Waals surface area contributed by atoms with E-state index in [1.54, 1.807) is 13.0 Å². The fourth-order valence-electron chi connectivity index (χ4n) is 2.35. The number of sulfone groups is 1. The van der Waals surface area contributed by atoms with Crippen LogP contribution >= 0.6 is 0 Å². The molecule has 1 fully saturated rings. The van der Waals surface area contributed by atoms with Crippen LogP contribution in [0, 0.1) is 6.92 Å². The predicted octanol–water partition coefficient (Wildman–Crippen LogP) is -0.325. The number of anilines is 1. The largest absolute Gasteiger partial charge is 0.369 e. The average Bonchev–Trinajstić information content (AvgIpc) is 2.76. The number of carbonyl (C=O) groups excluding carboxylic acids is 1. The van der Waals surface area contributed by atoms with Crippen LogP contribution in [0.3, 0.4) is 0 Å². The molecule has 1 atom stereocenters. The Morgan fingerprint density at radius 2 is 2.13 bits per heavy atom. The third kappa shape index (κ3) is 5.43. The molecular formula is C14H23N5O3S. The van der Waals surface area contributed by atoms with Crippen molar-refractivity contribution in [3.05, 3.63) is 17.6 Å². The summed E-state index contributed by atoms with van der Waals surface area (Å²) in [6.45, 7) is 3.25. The van der Waals surface area contributed by atoms with Crippen molar-refractivity contribution in [3.63, 3.8) is 0 Å². The van der Waals surface area contributed by atoms with Gasteiger partial charge in [0, 0.05) is 25.2 Å². The van der Waals surface area contributed by atoms with Crippen molar-refractivity contribution in [2.24, 2.45) is 0 Å². The molecule has 8 nitrogen and oxygen atoms in total. The van der Waals surface area contributed by atoms with Gasteiger partial charge >= 0.3 is 0 Å². The van der Waals surface area contributed by atoms with Gasteiger partial charge in [-0.2, -0.15) is 0 Å². The molecular weight excluding hydrogens is 318 g/mol. The van der Waals surface area contributed by atoms with E-state index >= 15 is 0 Å². The van der Waals surface area contributed by atoms with Gasteiger partial charge in [-0.1, -0.05) is 0 Å². The summed E-state index contributed by atoms with van der Waals surface area (Å²) >= 11 is 0. The Bertz CT molecular complexity index is 675. The summed E-state index contributed by atoms with van der Waals surface area (Å²) in [6, 6.07) is 1.24. The van der Waals surface area contributed by atoms with Crippen molar-refractivity contribution in [1.82, 2.24) is 20.2 Å². The summed E-state index contributed by atoms with van der Waals surface area (Å²) in [6.07, 6.45) is 0.450. The van der Waals surface area contributed by atoms with Crippen molar-refractivity contribution in [2.75, 3.05) is 44.0 Å². The molecule has 0 bridgehead atoms. The van der Waals surface area contributed by atoms with Crippen molar-refractivity contribution < 1.29 is 13.2 Å². The molecule has 2 heterocycles. The van der Waals surface area contributed by atoms with Crippen LogP contribution in [-0.2, 0) is 9.84 Å². The number of hydrogen-bond acceptors (Lipinski definition) is 7. The molecule has 1 aliphatic rings. The Morgan fingerprint density at radius 3 is 2.74 bits per heavy atom. The zero-order valence-corrected chi connectivity index (χ0v) is 14.5. The maximum atomic E-state index is 12.3. The van der Waals surface area contributed by atoms with Gasteiger partial charge in [-0.05, 0) is 27.4 Å². The molecule has 1 saturated heterocycles. The fourth-order valence-corrected chi connectivity index (χ4v) is 4.02. The third-order valence-corrected chi connectivity index (χ3v) is 5.27. The van der Waals surface area contributed by atoms with Crippen LogP contribution in [0.4, 0.5) is 5.82 Å². The highest BCUT2D eigenvalue weighted by Gasteiger charge is 2.29. The lowest BCUT2D eigenvalue weighted by Gasteiger charge is -2.13. The number of nitrogens with one attached hydrogen (secondary N) is 2. The van der Waals surface area contributed by atoms with E-state index in [1.807, 2.05) is 19.0 Å². The van der Waals surface area contributed by atoms with E-state index in [1.165, 1.54) is 0 Å². The topological polar surface area (TPSA) is 104 Å². The number of aromatic nitrogens is 2. The second-order valence-corrected chi connectivity index (χ2v) is 8.22. The molecule has 1 unspecified atom stereocenters. The van der Waals surface area contributed by atoms with Gasteiger partial charge in [0.25, 0.3) is 5.91 Å². The summed E-state index contributed by atoms with van der Waals surface area (Å²) in [4.78, 5) is 22.7. The molecule has 2 N–H and O–H groups in total. The summed E-state index contributed by atoms with van der Waals surface area (Å²) < 4.78 is 22.9.